The van der Waals surface area contributed by atoms with E-state index in [-0.39, 0.29) is 5.91 Å². The largest absolute Gasteiger partial charge is 0.350 e. The van der Waals surface area contributed by atoms with Crippen molar-refractivity contribution >= 4 is 5.91 Å². The van der Waals surface area contributed by atoms with Crippen LogP contribution in [0.25, 0.3) is 0 Å². The summed E-state index contributed by atoms with van der Waals surface area (Å²) in [6.07, 6.45) is 1.75. The van der Waals surface area contributed by atoms with Crippen LogP contribution in [-0.4, -0.2) is 15.7 Å². The second-order valence-electron chi connectivity index (χ2n) is 4.48. The van der Waals surface area contributed by atoms with Gasteiger partial charge in [-0.25, -0.2) is 0 Å². The number of nitrogens with zero attached hydrogens (tertiary/aromatic N) is 2. The number of aromatic nitrogens is 2. The molecule has 1 heterocycles. The molecule has 0 saturated carbocycles. The third-order valence-corrected chi connectivity index (χ3v) is 3.23. The minimum atomic E-state index is -0.641. The van der Waals surface area contributed by atoms with Crippen molar-refractivity contribution in [3.8, 4) is 0 Å². The molecule has 19 heavy (non-hydrogen) atoms. The highest BCUT2D eigenvalue weighted by atomic mass is 16.2. The first kappa shape index (κ1) is 13.3. The fourth-order valence-electron chi connectivity index (χ4n) is 1.82. The van der Waals surface area contributed by atoms with Crippen molar-refractivity contribution < 1.29 is 4.79 Å². The molecular formula is C14H18N4O. The molecule has 0 aliphatic carbocycles. The molecule has 0 fully saturated rings. The van der Waals surface area contributed by atoms with Crippen LogP contribution in [-0.2, 0) is 18.4 Å². The van der Waals surface area contributed by atoms with E-state index >= 15 is 0 Å². The number of amides is 1. The number of benzene rings is 1. The Morgan fingerprint density at radius 1 is 1.42 bits per heavy atom. The monoisotopic (exact) mass is 258 g/mol. The predicted molar refractivity (Wildman–Crippen MR) is 73.2 cm³/mol. The highest BCUT2D eigenvalue weighted by Gasteiger charge is 2.15. The summed E-state index contributed by atoms with van der Waals surface area (Å²) in [5, 5.41) is 6.97. The van der Waals surface area contributed by atoms with Crippen LogP contribution in [0.1, 0.15) is 22.9 Å². The maximum atomic E-state index is 12.0. The molecule has 2 aromatic rings. The van der Waals surface area contributed by atoms with Gasteiger partial charge in [-0.15, -0.1) is 0 Å². The van der Waals surface area contributed by atoms with E-state index in [0.29, 0.717) is 6.54 Å². The van der Waals surface area contributed by atoms with E-state index in [1.165, 1.54) is 0 Å². The Balaban J connectivity index is 1.97. The molecule has 0 saturated heterocycles. The van der Waals surface area contributed by atoms with E-state index in [4.69, 9.17) is 5.73 Å². The van der Waals surface area contributed by atoms with Crippen molar-refractivity contribution in [1.29, 1.82) is 0 Å². The van der Waals surface area contributed by atoms with E-state index in [2.05, 4.69) is 10.4 Å². The highest BCUT2D eigenvalue weighted by molar-refractivity contribution is 5.82. The summed E-state index contributed by atoms with van der Waals surface area (Å²) in [6, 6.07) is 8.69. The molecule has 1 aromatic carbocycles. The lowest BCUT2D eigenvalue weighted by Crippen LogP contribution is -2.33. The van der Waals surface area contributed by atoms with Gasteiger partial charge in [-0.3, -0.25) is 9.48 Å². The lowest BCUT2D eigenvalue weighted by molar-refractivity contribution is -0.122. The van der Waals surface area contributed by atoms with Crippen LogP contribution in [0.4, 0.5) is 0 Å². The molecule has 2 rings (SSSR count). The smallest absolute Gasteiger partial charge is 0.241 e. The second-order valence-corrected chi connectivity index (χ2v) is 4.48. The van der Waals surface area contributed by atoms with Crippen LogP contribution in [0, 0.1) is 6.92 Å². The average Bonchev–Trinajstić information content (AvgIpc) is 2.76. The molecule has 5 nitrogen and oxygen atoms in total. The van der Waals surface area contributed by atoms with Gasteiger partial charge < -0.3 is 11.1 Å². The summed E-state index contributed by atoms with van der Waals surface area (Å²) < 4.78 is 1.78. The van der Waals surface area contributed by atoms with Gasteiger partial charge in [0.1, 0.15) is 6.04 Å². The fourth-order valence-corrected chi connectivity index (χ4v) is 1.82. The summed E-state index contributed by atoms with van der Waals surface area (Å²) in [4.78, 5) is 12.0. The average molecular weight is 258 g/mol. The van der Waals surface area contributed by atoms with Crippen LogP contribution in [0.5, 0.6) is 0 Å². The Morgan fingerprint density at radius 2 is 2.11 bits per heavy atom. The summed E-state index contributed by atoms with van der Waals surface area (Å²) in [7, 11) is 1.87. The van der Waals surface area contributed by atoms with Gasteiger partial charge in [0.2, 0.25) is 5.91 Å². The number of nitrogens with two attached hydrogens (primary N) is 1. The maximum absolute atomic E-state index is 12.0. The van der Waals surface area contributed by atoms with E-state index < -0.39 is 6.04 Å². The molecular weight excluding hydrogens is 240 g/mol. The van der Waals surface area contributed by atoms with Gasteiger partial charge in [-0.1, -0.05) is 30.3 Å². The Morgan fingerprint density at radius 3 is 2.68 bits per heavy atom. The Kier molecular flexibility index (Phi) is 3.97. The van der Waals surface area contributed by atoms with E-state index in [0.717, 1.165) is 16.8 Å². The van der Waals surface area contributed by atoms with Gasteiger partial charge in [0.05, 0.1) is 6.20 Å². The van der Waals surface area contributed by atoms with Crippen molar-refractivity contribution in [3.63, 3.8) is 0 Å². The van der Waals surface area contributed by atoms with Gasteiger partial charge in [-0.05, 0) is 12.5 Å². The summed E-state index contributed by atoms with van der Waals surface area (Å²) >= 11 is 0. The Hall–Kier alpha value is -2.14. The summed E-state index contributed by atoms with van der Waals surface area (Å²) in [5.41, 5.74) is 8.75. The van der Waals surface area contributed by atoms with Gasteiger partial charge in [0.25, 0.3) is 0 Å². The third-order valence-electron chi connectivity index (χ3n) is 3.23. The van der Waals surface area contributed by atoms with Crippen molar-refractivity contribution in [2.45, 2.75) is 19.5 Å². The lowest BCUT2D eigenvalue weighted by atomic mass is 10.1. The normalized spacial score (nSPS) is 12.2. The SMILES string of the molecule is Cc1c(CNC(=O)[C@@H](N)c2ccccc2)cnn1C. The molecule has 1 aromatic heterocycles. The lowest BCUT2D eigenvalue weighted by Gasteiger charge is -2.12. The van der Waals surface area contributed by atoms with Gasteiger partial charge in [-0.2, -0.15) is 5.10 Å². The second kappa shape index (κ2) is 5.67. The molecule has 0 bridgehead atoms. The zero-order chi connectivity index (χ0) is 13.8. The zero-order valence-corrected chi connectivity index (χ0v) is 11.1. The topological polar surface area (TPSA) is 72.9 Å². The van der Waals surface area contributed by atoms with Crippen LogP contribution in [0.15, 0.2) is 36.5 Å². The Labute approximate surface area is 112 Å². The molecule has 100 valence electrons. The van der Waals surface area contributed by atoms with Crippen LogP contribution >= 0.6 is 0 Å². The molecule has 1 amide bonds. The van der Waals surface area contributed by atoms with Crippen LogP contribution < -0.4 is 11.1 Å². The van der Waals surface area contributed by atoms with Crippen LogP contribution in [0.2, 0.25) is 0 Å². The maximum Gasteiger partial charge on any atom is 0.241 e. The number of rotatable bonds is 4. The number of nitrogens with one attached hydrogen (secondary N) is 1. The first-order valence-electron chi connectivity index (χ1n) is 6.15. The summed E-state index contributed by atoms with van der Waals surface area (Å²) in [6.45, 7) is 2.41. The first-order valence-corrected chi connectivity index (χ1v) is 6.15. The predicted octanol–water partition coefficient (Wildman–Crippen LogP) is 1.04. The number of carbonyl (C=O) groups excluding carboxylic acids is 1. The highest BCUT2D eigenvalue weighted by Crippen LogP contribution is 2.10. The van der Waals surface area contributed by atoms with Gasteiger partial charge >= 0.3 is 0 Å². The van der Waals surface area contributed by atoms with Crippen LogP contribution in [0.3, 0.4) is 0 Å². The zero-order valence-electron chi connectivity index (χ0n) is 11.1. The van der Waals surface area contributed by atoms with Crippen molar-refractivity contribution in [2.24, 2.45) is 12.8 Å². The van der Waals surface area contributed by atoms with Gasteiger partial charge in [0, 0.05) is 24.8 Å². The van der Waals surface area contributed by atoms with Crippen molar-refractivity contribution in [3.05, 3.63) is 53.3 Å². The molecule has 3 N–H and O–H groups in total. The number of carbonyl (C=O) groups is 1. The summed E-state index contributed by atoms with van der Waals surface area (Å²) in [5.74, 6) is -0.186. The molecule has 0 radical (unpaired) electrons. The minimum absolute atomic E-state index is 0.186. The quantitative estimate of drug-likeness (QED) is 0.860. The van der Waals surface area contributed by atoms with E-state index in [1.54, 1.807) is 10.9 Å². The molecule has 1 atom stereocenters. The molecule has 5 heteroatoms. The number of hydrogen-bond acceptors (Lipinski definition) is 3. The van der Waals surface area contributed by atoms with Gasteiger partial charge in [0.15, 0.2) is 0 Å². The minimum Gasteiger partial charge on any atom is -0.350 e. The van der Waals surface area contributed by atoms with E-state index in [1.807, 2.05) is 44.3 Å². The third kappa shape index (κ3) is 3.00. The molecule has 0 unspecified atom stereocenters. The molecule has 0 spiro atoms. The Bertz CT molecular complexity index is 562. The first-order chi connectivity index (χ1) is 9.09. The van der Waals surface area contributed by atoms with E-state index in [9.17, 15) is 4.79 Å². The number of aryl methyl sites for hydroxylation is 1. The van der Waals surface area contributed by atoms with Crippen molar-refractivity contribution in [1.82, 2.24) is 15.1 Å². The standard InChI is InChI=1S/C14H18N4O/c1-10-12(9-17-18(10)2)8-16-14(19)13(15)11-6-4-3-5-7-11/h3-7,9,13H,8,15H2,1-2H3,(H,16,19)/t13-/m0/s1. The molecule has 0 aliphatic rings. The molecule has 0 aliphatic heterocycles. The fraction of sp³-hybridized carbons (Fsp3) is 0.286. The van der Waals surface area contributed by atoms with Crippen molar-refractivity contribution in [2.75, 3.05) is 0 Å². The number of hydrogen-bond donors (Lipinski definition) is 2.